The van der Waals surface area contributed by atoms with Gasteiger partial charge in [0.25, 0.3) is 0 Å². The number of aliphatic hydroxyl groups excluding tert-OH is 1. The Balaban J connectivity index is 0. The molecule has 0 unspecified atom stereocenters. The van der Waals surface area contributed by atoms with Crippen LogP contribution in [0.4, 0.5) is 0 Å². The Bertz CT molecular complexity index is 309. The summed E-state index contributed by atoms with van der Waals surface area (Å²) in [6, 6.07) is 8.06. The highest BCUT2D eigenvalue weighted by Crippen LogP contribution is 1.94. The Morgan fingerprint density at radius 3 is 1.88 bits per heavy atom. The monoisotopic (exact) mass is 352 g/mol. The van der Waals surface area contributed by atoms with Crippen LogP contribution in [-0.2, 0) is 0 Å². The average Bonchev–Trinajstić information content (AvgIpc) is 2.18. The molecule has 1 aromatic carbocycles. The minimum atomic E-state index is -1.13. The Kier molecular flexibility index (Phi) is 10.3. The van der Waals surface area contributed by atoms with E-state index in [1.165, 1.54) is 12.1 Å². The van der Waals surface area contributed by atoms with Crippen molar-refractivity contribution >= 4 is 5.97 Å². The van der Waals surface area contributed by atoms with E-state index in [4.69, 9.17) is 5.11 Å². The minimum absolute atomic E-state index is 0. The fourth-order valence-corrected chi connectivity index (χ4v) is 0.874. The molecule has 0 bridgehead atoms. The first-order valence-electron chi connectivity index (χ1n) is 5.04. The van der Waals surface area contributed by atoms with Crippen LogP contribution in [0.5, 0.6) is 0 Å². The summed E-state index contributed by atoms with van der Waals surface area (Å²) in [5.74, 6) is -1.13. The number of likely N-dealkylation sites (N-methyl/N-ethyl adjacent to an activating group) is 1. The summed E-state index contributed by atoms with van der Waals surface area (Å²) in [6.07, 6.45) is 0. The quantitative estimate of drug-likeness (QED) is 0.459. The van der Waals surface area contributed by atoms with Crippen LogP contribution in [0.15, 0.2) is 30.3 Å². The molecule has 0 aliphatic carbocycles. The number of carboxylic acids is 1. The molecule has 0 heterocycles. The molecule has 0 spiro atoms. The fraction of sp³-hybridized carbons (Fsp3) is 0.417. The van der Waals surface area contributed by atoms with E-state index in [0.717, 1.165) is 11.0 Å². The van der Waals surface area contributed by atoms with E-state index in [0.29, 0.717) is 0 Å². The van der Waals surface area contributed by atoms with Crippen LogP contribution in [0.2, 0.25) is 0 Å². The molecule has 0 radical (unpaired) electrons. The fourth-order valence-electron chi connectivity index (χ4n) is 0.874. The van der Waals surface area contributed by atoms with Crippen LogP contribution in [0, 0.1) is 0 Å². The van der Waals surface area contributed by atoms with Gasteiger partial charge in [-0.3, -0.25) is 0 Å². The summed E-state index contributed by atoms with van der Waals surface area (Å²) in [4.78, 5) is 10.1. The highest BCUT2D eigenvalue weighted by Gasteiger charge is 2.02. The minimum Gasteiger partial charge on any atom is -1.00 e. The third-order valence-electron chi connectivity index (χ3n) is 1.78. The predicted octanol–water partition coefficient (Wildman–Crippen LogP) is -3.26. The zero-order chi connectivity index (χ0) is 12.6. The van der Waals surface area contributed by atoms with Gasteiger partial charge >= 0.3 is 0 Å². The third-order valence-corrected chi connectivity index (χ3v) is 1.78. The topological polar surface area (TPSA) is 60.4 Å². The molecule has 1 rings (SSSR count). The number of halogens is 1. The molecular weight excluding hydrogens is 333 g/mol. The molecule has 5 heteroatoms. The van der Waals surface area contributed by atoms with Crippen LogP contribution in [-0.4, -0.2) is 49.9 Å². The molecule has 4 nitrogen and oxygen atoms in total. The van der Waals surface area contributed by atoms with E-state index in [9.17, 15) is 9.90 Å². The van der Waals surface area contributed by atoms with Crippen LogP contribution in [0.3, 0.4) is 0 Å². The van der Waals surface area contributed by atoms with Gasteiger partial charge in [0.2, 0.25) is 0 Å². The van der Waals surface area contributed by atoms with Crippen molar-refractivity contribution in [2.45, 2.75) is 0 Å². The molecule has 17 heavy (non-hydrogen) atoms. The maximum absolute atomic E-state index is 10.1. The number of carbonyl (C=O) groups is 1. The van der Waals surface area contributed by atoms with Crippen molar-refractivity contribution in [2.75, 3.05) is 34.3 Å². The summed E-state index contributed by atoms with van der Waals surface area (Å²) in [5.41, 5.74) is 0.220. The lowest BCUT2D eigenvalue weighted by Crippen LogP contribution is -3.00. The molecule has 0 saturated heterocycles. The molecule has 0 amide bonds. The van der Waals surface area contributed by atoms with Crippen LogP contribution in [0.25, 0.3) is 0 Å². The van der Waals surface area contributed by atoms with E-state index < -0.39 is 5.97 Å². The second kappa shape index (κ2) is 9.38. The number of rotatable bonds is 3. The normalized spacial score (nSPS) is 9.65. The summed E-state index contributed by atoms with van der Waals surface area (Å²) >= 11 is 0. The maximum atomic E-state index is 10.1. The molecule has 0 aromatic heterocycles. The molecule has 98 valence electrons. The van der Waals surface area contributed by atoms with Crippen LogP contribution >= 0.6 is 0 Å². The predicted molar refractivity (Wildman–Crippen MR) is 60.8 cm³/mol. The zero-order valence-electron chi connectivity index (χ0n) is 10.4. The van der Waals surface area contributed by atoms with E-state index in [1.807, 2.05) is 0 Å². The number of carbonyl (C=O) groups excluding carboxylic acids is 1. The van der Waals surface area contributed by atoms with Gasteiger partial charge in [0, 0.05) is 0 Å². The van der Waals surface area contributed by atoms with Gasteiger partial charge in [-0.1, -0.05) is 30.3 Å². The highest BCUT2D eigenvalue weighted by molar-refractivity contribution is 5.85. The summed E-state index contributed by atoms with van der Waals surface area (Å²) in [6.45, 7) is 1.11. The first kappa shape index (κ1) is 18.7. The van der Waals surface area contributed by atoms with Gasteiger partial charge in [-0.05, 0) is 5.56 Å². The lowest BCUT2D eigenvalue weighted by Gasteiger charge is -2.21. The smallest absolute Gasteiger partial charge is 0.101 e. The van der Waals surface area contributed by atoms with E-state index in [2.05, 4.69) is 21.1 Å². The average molecular weight is 352 g/mol. The molecule has 0 atom stereocenters. The number of aliphatic hydroxyl groups is 1. The molecule has 0 aliphatic heterocycles. The van der Waals surface area contributed by atoms with E-state index in [1.54, 1.807) is 18.2 Å². The summed E-state index contributed by atoms with van der Waals surface area (Å²) in [7, 11) is 6.16. The second-order valence-electron chi connectivity index (χ2n) is 4.39. The number of hydrogen-bond donors (Lipinski definition) is 1. The lowest BCUT2D eigenvalue weighted by atomic mass is 10.2. The van der Waals surface area contributed by atoms with Gasteiger partial charge < -0.3 is 43.5 Å². The number of benzene rings is 1. The van der Waals surface area contributed by atoms with Crippen LogP contribution < -0.4 is 29.1 Å². The number of aromatic carboxylic acids is 1. The Hall–Kier alpha value is -0.660. The molecule has 1 aromatic rings. The second-order valence-corrected chi connectivity index (χ2v) is 4.39. The molecule has 0 saturated carbocycles. The van der Waals surface area contributed by atoms with Crippen LogP contribution in [0.1, 0.15) is 10.4 Å². The Morgan fingerprint density at radius 2 is 1.71 bits per heavy atom. The van der Waals surface area contributed by atoms with Crippen molar-refractivity contribution in [3.63, 3.8) is 0 Å². The van der Waals surface area contributed by atoms with Crippen molar-refractivity contribution < 1.29 is 43.5 Å². The molecule has 0 aliphatic rings. The maximum Gasteiger partial charge on any atom is 0.101 e. The first-order valence-corrected chi connectivity index (χ1v) is 5.04. The molecule has 1 N–H and O–H groups in total. The Morgan fingerprint density at radius 1 is 1.24 bits per heavy atom. The lowest BCUT2D eigenvalue weighted by molar-refractivity contribution is -0.870. The van der Waals surface area contributed by atoms with Gasteiger partial charge in [-0.25, -0.2) is 0 Å². The van der Waals surface area contributed by atoms with Gasteiger partial charge in [0.1, 0.15) is 6.54 Å². The number of carboxylic acid groups (broad SMARTS) is 1. The van der Waals surface area contributed by atoms with E-state index >= 15 is 0 Å². The zero-order valence-corrected chi connectivity index (χ0v) is 12.5. The summed E-state index contributed by atoms with van der Waals surface area (Å²) < 4.78 is 0.844. The largest absolute Gasteiger partial charge is 1.00 e. The third kappa shape index (κ3) is 11.6. The van der Waals surface area contributed by atoms with Crippen molar-refractivity contribution in [1.29, 1.82) is 0 Å². The van der Waals surface area contributed by atoms with E-state index in [-0.39, 0.29) is 36.1 Å². The first-order chi connectivity index (χ1) is 7.37. The number of nitrogens with zero attached hydrogens (tertiary/aromatic N) is 1. The van der Waals surface area contributed by atoms with Crippen molar-refractivity contribution in [3.05, 3.63) is 35.9 Å². The standard InChI is InChI=1S/C7H6O2.C5H14NO.HI/c8-7(9)6-4-2-1-3-5-6;1-6(2,3)4-5-7;/h1-5H,(H,8,9);7H,4-5H2,1-3H3;1H/q;+1;/p-2. The van der Waals surface area contributed by atoms with Crippen molar-refractivity contribution in [1.82, 2.24) is 0 Å². The van der Waals surface area contributed by atoms with Gasteiger partial charge in [-0.2, -0.15) is 0 Å². The Labute approximate surface area is 119 Å². The summed E-state index contributed by atoms with van der Waals surface area (Å²) in [5, 5.41) is 18.5. The highest BCUT2D eigenvalue weighted by atomic mass is 127. The van der Waals surface area contributed by atoms with Gasteiger partial charge in [-0.15, -0.1) is 0 Å². The van der Waals surface area contributed by atoms with Gasteiger partial charge in [0.05, 0.1) is 33.7 Å². The molecule has 0 fully saturated rings. The number of hydrogen-bond acceptors (Lipinski definition) is 3. The van der Waals surface area contributed by atoms with Crippen molar-refractivity contribution in [2.24, 2.45) is 0 Å². The SMILES string of the molecule is C[N+](C)(C)CCO.O=C([O-])c1ccccc1.[I-]. The van der Waals surface area contributed by atoms with Gasteiger partial charge in [0.15, 0.2) is 0 Å². The molecular formula is C12H19INO3-. The number of quaternary nitrogens is 1. The van der Waals surface area contributed by atoms with Crippen molar-refractivity contribution in [3.8, 4) is 0 Å².